The predicted molar refractivity (Wildman–Crippen MR) is 91.8 cm³/mol. The molecule has 3 rings (SSSR count). The first-order valence-electron chi connectivity index (χ1n) is 7.70. The van der Waals surface area contributed by atoms with Crippen molar-refractivity contribution in [2.75, 3.05) is 7.11 Å². The van der Waals surface area contributed by atoms with E-state index in [0.29, 0.717) is 0 Å². The Morgan fingerprint density at radius 2 is 1.83 bits per heavy atom. The fourth-order valence-electron chi connectivity index (χ4n) is 2.52. The molecular formula is C19H21N3O. The summed E-state index contributed by atoms with van der Waals surface area (Å²) in [4.78, 5) is 4.58. The highest BCUT2D eigenvalue weighted by Gasteiger charge is 2.04. The quantitative estimate of drug-likeness (QED) is 0.758. The normalized spacial score (nSPS) is 10.7. The minimum absolute atomic E-state index is 0.786. The van der Waals surface area contributed by atoms with E-state index >= 15 is 0 Å². The van der Waals surface area contributed by atoms with Gasteiger partial charge in [-0.05, 0) is 48.9 Å². The summed E-state index contributed by atoms with van der Waals surface area (Å²) in [5.41, 5.74) is 3.45. The predicted octanol–water partition coefficient (Wildman–Crippen LogP) is 3.48. The number of nitrogens with one attached hydrogen (secondary N) is 1. The van der Waals surface area contributed by atoms with Gasteiger partial charge in [0.1, 0.15) is 11.6 Å². The zero-order valence-corrected chi connectivity index (χ0v) is 13.5. The summed E-state index contributed by atoms with van der Waals surface area (Å²) in [5.74, 6) is 1.84. The van der Waals surface area contributed by atoms with Crippen molar-refractivity contribution in [1.82, 2.24) is 14.9 Å². The number of ether oxygens (including phenoxy) is 1. The van der Waals surface area contributed by atoms with Crippen LogP contribution in [0.15, 0.2) is 60.8 Å². The van der Waals surface area contributed by atoms with Crippen molar-refractivity contribution in [2.24, 2.45) is 0 Å². The van der Waals surface area contributed by atoms with Crippen LogP contribution in [0.3, 0.4) is 0 Å². The highest BCUT2D eigenvalue weighted by atomic mass is 16.5. The van der Waals surface area contributed by atoms with Crippen LogP contribution in [0.5, 0.6) is 5.75 Å². The third-order valence-electron chi connectivity index (χ3n) is 3.75. The number of aryl methyl sites for hydroxylation is 1. The van der Waals surface area contributed by atoms with Crippen LogP contribution in [0.1, 0.15) is 17.0 Å². The van der Waals surface area contributed by atoms with Crippen LogP contribution in [0.2, 0.25) is 0 Å². The summed E-state index contributed by atoms with van der Waals surface area (Å²) in [7, 11) is 1.68. The number of methoxy groups -OCH3 is 1. The number of hydrogen-bond donors (Lipinski definition) is 1. The molecule has 2 heterocycles. The Balaban J connectivity index is 1.64. The van der Waals surface area contributed by atoms with Gasteiger partial charge in [0.2, 0.25) is 0 Å². The van der Waals surface area contributed by atoms with Crippen molar-refractivity contribution in [3.8, 4) is 11.6 Å². The molecule has 2 aromatic heterocycles. The Morgan fingerprint density at radius 1 is 1.00 bits per heavy atom. The molecule has 4 heteroatoms. The molecule has 0 aliphatic heterocycles. The highest BCUT2D eigenvalue weighted by molar-refractivity contribution is 5.29. The van der Waals surface area contributed by atoms with Crippen molar-refractivity contribution >= 4 is 0 Å². The van der Waals surface area contributed by atoms with Gasteiger partial charge in [-0.3, -0.25) is 0 Å². The zero-order chi connectivity index (χ0) is 16.1. The highest BCUT2D eigenvalue weighted by Crippen LogP contribution is 2.13. The average molecular weight is 307 g/mol. The molecule has 23 heavy (non-hydrogen) atoms. The third kappa shape index (κ3) is 3.79. The number of pyridine rings is 1. The van der Waals surface area contributed by atoms with Gasteiger partial charge in [-0.25, -0.2) is 4.98 Å². The summed E-state index contributed by atoms with van der Waals surface area (Å²) in [6.07, 6.45) is 2.05. The number of nitrogens with zero attached hydrogens (tertiary/aromatic N) is 2. The molecule has 3 aromatic rings. The summed E-state index contributed by atoms with van der Waals surface area (Å²) in [6, 6.07) is 18.4. The van der Waals surface area contributed by atoms with E-state index in [2.05, 4.69) is 39.1 Å². The molecule has 0 fully saturated rings. The van der Waals surface area contributed by atoms with Crippen LogP contribution in [0.4, 0.5) is 0 Å². The van der Waals surface area contributed by atoms with Crippen molar-refractivity contribution in [3.05, 3.63) is 77.7 Å². The molecule has 0 aliphatic rings. The molecule has 0 spiro atoms. The largest absolute Gasteiger partial charge is 0.497 e. The average Bonchev–Trinajstić information content (AvgIpc) is 3.04. The van der Waals surface area contributed by atoms with Crippen LogP contribution < -0.4 is 10.1 Å². The van der Waals surface area contributed by atoms with Gasteiger partial charge >= 0.3 is 0 Å². The second-order valence-corrected chi connectivity index (χ2v) is 5.46. The van der Waals surface area contributed by atoms with E-state index in [-0.39, 0.29) is 0 Å². The molecule has 0 saturated carbocycles. The van der Waals surface area contributed by atoms with Gasteiger partial charge in [-0.1, -0.05) is 18.2 Å². The molecule has 0 aliphatic carbocycles. The number of hydrogen-bond acceptors (Lipinski definition) is 3. The lowest BCUT2D eigenvalue weighted by Gasteiger charge is -2.10. The van der Waals surface area contributed by atoms with Gasteiger partial charge in [0.25, 0.3) is 0 Å². The van der Waals surface area contributed by atoms with E-state index in [9.17, 15) is 0 Å². The topological polar surface area (TPSA) is 39.1 Å². The van der Waals surface area contributed by atoms with E-state index in [1.807, 2.05) is 43.5 Å². The first-order chi connectivity index (χ1) is 11.3. The van der Waals surface area contributed by atoms with Gasteiger partial charge in [0.15, 0.2) is 0 Å². The first kappa shape index (κ1) is 15.3. The maximum atomic E-state index is 5.18. The molecule has 0 amide bonds. The number of rotatable bonds is 6. The van der Waals surface area contributed by atoms with E-state index in [0.717, 1.165) is 30.4 Å². The lowest BCUT2D eigenvalue weighted by molar-refractivity contribution is 0.414. The molecule has 0 saturated heterocycles. The summed E-state index contributed by atoms with van der Waals surface area (Å²) >= 11 is 0. The van der Waals surface area contributed by atoms with Crippen LogP contribution >= 0.6 is 0 Å². The number of benzene rings is 1. The summed E-state index contributed by atoms with van der Waals surface area (Å²) in [6.45, 7) is 3.61. The first-order valence-corrected chi connectivity index (χ1v) is 7.70. The van der Waals surface area contributed by atoms with Crippen molar-refractivity contribution < 1.29 is 4.74 Å². The van der Waals surface area contributed by atoms with E-state index in [4.69, 9.17) is 4.74 Å². The maximum absolute atomic E-state index is 5.18. The Bertz CT molecular complexity index is 762. The Morgan fingerprint density at radius 3 is 2.57 bits per heavy atom. The SMILES string of the molecule is COc1ccc(CNCc2cccn2-c2cccc(C)n2)cc1. The van der Waals surface area contributed by atoms with Crippen LogP contribution in [0.25, 0.3) is 5.82 Å². The van der Waals surface area contributed by atoms with Gasteiger partial charge in [0, 0.05) is 30.7 Å². The van der Waals surface area contributed by atoms with Crippen molar-refractivity contribution in [1.29, 1.82) is 0 Å². The molecule has 118 valence electrons. The smallest absolute Gasteiger partial charge is 0.137 e. The minimum atomic E-state index is 0.786. The van der Waals surface area contributed by atoms with Gasteiger partial charge in [-0.2, -0.15) is 0 Å². The van der Waals surface area contributed by atoms with Crippen molar-refractivity contribution in [3.63, 3.8) is 0 Å². The van der Waals surface area contributed by atoms with E-state index in [1.54, 1.807) is 7.11 Å². The number of aromatic nitrogens is 2. The van der Waals surface area contributed by atoms with Gasteiger partial charge < -0.3 is 14.6 Å². The molecule has 0 bridgehead atoms. The standard InChI is InChI=1S/C19H21N3O/c1-15-5-3-7-19(21-15)22-12-4-6-17(22)14-20-13-16-8-10-18(23-2)11-9-16/h3-12,20H,13-14H2,1-2H3. The zero-order valence-electron chi connectivity index (χ0n) is 13.5. The Hall–Kier alpha value is -2.59. The monoisotopic (exact) mass is 307 g/mol. The van der Waals surface area contributed by atoms with Gasteiger partial charge in [0.05, 0.1) is 7.11 Å². The lowest BCUT2D eigenvalue weighted by Crippen LogP contribution is -2.15. The Kier molecular flexibility index (Phi) is 4.74. The lowest BCUT2D eigenvalue weighted by atomic mass is 10.2. The van der Waals surface area contributed by atoms with Crippen LogP contribution in [0, 0.1) is 6.92 Å². The second-order valence-electron chi connectivity index (χ2n) is 5.46. The third-order valence-corrected chi connectivity index (χ3v) is 3.75. The molecule has 0 atom stereocenters. The fourth-order valence-corrected chi connectivity index (χ4v) is 2.52. The molecule has 0 unspecified atom stereocenters. The minimum Gasteiger partial charge on any atom is -0.497 e. The van der Waals surface area contributed by atoms with Crippen molar-refractivity contribution in [2.45, 2.75) is 20.0 Å². The molecule has 1 aromatic carbocycles. The fraction of sp³-hybridized carbons (Fsp3) is 0.211. The maximum Gasteiger partial charge on any atom is 0.137 e. The van der Waals surface area contributed by atoms with Gasteiger partial charge in [-0.15, -0.1) is 0 Å². The summed E-state index contributed by atoms with van der Waals surface area (Å²) < 4.78 is 7.30. The molecule has 0 radical (unpaired) electrons. The molecule has 4 nitrogen and oxygen atoms in total. The van der Waals surface area contributed by atoms with Crippen LogP contribution in [-0.2, 0) is 13.1 Å². The van der Waals surface area contributed by atoms with Crippen LogP contribution in [-0.4, -0.2) is 16.7 Å². The Labute approximate surface area is 136 Å². The summed E-state index contributed by atoms with van der Waals surface area (Å²) in [5, 5.41) is 3.48. The van der Waals surface area contributed by atoms with E-state index < -0.39 is 0 Å². The van der Waals surface area contributed by atoms with E-state index in [1.165, 1.54) is 11.3 Å². The molecular weight excluding hydrogens is 286 g/mol. The molecule has 1 N–H and O–H groups in total. The second kappa shape index (κ2) is 7.11.